The minimum absolute atomic E-state index is 0.144. The molecule has 0 aromatic heterocycles. The summed E-state index contributed by atoms with van der Waals surface area (Å²) in [6.45, 7) is 12.9. The van der Waals surface area contributed by atoms with E-state index in [0.717, 1.165) is 30.6 Å². The molecule has 4 aliphatic rings. The maximum absolute atomic E-state index is 12.5. The van der Waals surface area contributed by atoms with E-state index in [1.165, 1.54) is 38.5 Å². The summed E-state index contributed by atoms with van der Waals surface area (Å²) in [5, 5.41) is 0. The molecule has 150 valence electrons. The predicted octanol–water partition coefficient (Wildman–Crippen LogP) is 5.96. The molecule has 0 aliphatic heterocycles. The fraction of sp³-hybridized carbons (Fsp3) is 0.957. The van der Waals surface area contributed by atoms with E-state index in [1.54, 1.807) is 0 Å². The van der Waals surface area contributed by atoms with Crippen molar-refractivity contribution in [3.63, 3.8) is 0 Å². The molecule has 4 aliphatic carbocycles. The maximum atomic E-state index is 12.5. The Balaban J connectivity index is 1.56. The molecule has 1 unspecified atom stereocenters. The van der Waals surface area contributed by atoms with Crippen LogP contribution in [-0.2, 0) is 14.3 Å². The van der Waals surface area contributed by atoms with Crippen LogP contribution in [0.15, 0.2) is 0 Å². The van der Waals surface area contributed by atoms with E-state index >= 15 is 0 Å². The van der Waals surface area contributed by atoms with Gasteiger partial charge in [-0.3, -0.25) is 4.79 Å². The quantitative estimate of drug-likeness (QED) is 0.413. The van der Waals surface area contributed by atoms with Crippen LogP contribution in [0.25, 0.3) is 0 Å². The monoisotopic (exact) mass is 364 g/mol. The fourth-order valence-electron chi connectivity index (χ4n) is 5.84. The molecular formula is C23H40O3. The van der Waals surface area contributed by atoms with Crippen LogP contribution in [-0.4, -0.2) is 18.9 Å². The molecule has 0 heterocycles. The van der Waals surface area contributed by atoms with Gasteiger partial charge in [0.25, 0.3) is 0 Å². The van der Waals surface area contributed by atoms with E-state index in [9.17, 15) is 4.79 Å². The normalized spacial score (nSPS) is 34.8. The summed E-state index contributed by atoms with van der Waals surface area (Å²) in [7, 11) is 0. The number of esters is 1. The maximum Gasteiger partial charge on any atom is 0.313 e. The van der Waals surface area contributed by atoms with Gasteiger partial charge in [0.1, 0.15) is 0 Å². The van der Waals surface area contributed by atoms with Crippen LogP contribution in [0.5, 0.6) is 0 Å². The van der Waals surface area contributed by atoms with E-state index in [1.807, 2.05) is 20.8 Å². The molecule has 4 fully saturated rings. The summed E-state index contributed by atoms with van der Waals surface area (Å²) in [5.41, 5.74) is -0.141. The Kier molecular flexibility index (Phi) is 5.52. The number of rotatable bonds is 7. The van der Waals surface area contributed by atoms with Gasteiger partial charge in [0, 0.05) is 5.41 Å². The van der Waals surface area contributed by atoms with Crippen molar-refractivity contribution in [2.24, 2.45) is 34.0 Å². The molecule has 0 radical (unpaired) electrons. The third-order valence-corrected chi connectivity index (χ3v) is 7.42. The summed E-state index contributed by atoms with van der Waals surface area (Å²) >= 11 is 0. The van der Waals surface area contributed by atoms with E-state index in [2.05, 4.69) is 20.8 Å². The summed E-state index contributed by atoms with van der Waals surface area (Å²) in [5.74, 6) is 2.78. The van der Waals surface area contributed by atoms with E-state index in [0.29, 0.717) is 12.0 Å². The van der Waals surface area contributed by atoms with Crippen LogP contribution in [0.3, 0.4) is 0 Å². The first-order valence-electron chi connectivity index (χ1n) is 10.9. The SMILES string of the molecule is CCC(C)(C)C(=O)OC(OCCC12CC3CC(CC(C3)C1)C2)C(C)(C)C. The van der Waals surface area contributed by atoms with Gasteiger partial charge in [0.2, 0.25) is 6.29 Å². The average Bonchev–Trinajstić information content (AvgIpc) is 2.51. The van der Waals surface area contributed by atoms with E-state index in [4.69, 9.17) is 9.47 Å². The zero-order valence-corrected chi connectivity index (χ0v) is 17.9. The second-order valence-corrected chi connectivity index (χ2v) is 11.4. The second kappa shape index (κ2) is 7.11. The molecule has 3 heteroatoms. The van der Waals surface area contributed by atoms with Gasteiger partial charge in [-0.1, -0.05) is 27.7 Å². The van der Waals surface area contributed by atoms with Gasteiger partial charge < -0.3 is 9.47 Å². The smallest absolute Gasteiger partial charge is 0.313 e. The highest BCUT2D eigenvalue weighted by atomic mass is 16.7. The minimum Gasteiger partial charge on any atom is -0.435 e. The van der Waals surface area contributed by atoms with Gasteiger partial charge in [-0.05, 0) is 88.4 Å². The topological polar surface area (TPSA) is 35.5 Å². The Morgan fingerprint density at radius 2 is 1.50 bits per heavy atom. The van der Waals surface area contributed by atoms with E-state index < -0.39 is 11.7 Å². The van der Waals surface area contributed by atoms with Gasteiger partial charge >= 0.3 is 5.97 Å². The fourth-order valence-corrected chi connectivity index (χ4v) is 5.84. The molecule has 0 aromatic carbocycles. The number of hydrogen-bond donors (Lipinski definition) is 0. The first-order valence-corrected chi connectivity index (χ1v) is 10.9. The zero-order chi connectivity index (χ0) is 19.2. The zero-order valence-electron chi connectivity index (χ0n) is 17.9. The minimum atomic E-state index is -0.463. The predicted molar refractivity (Wildman–Crippen MR) is 105 cm³/mol. The van der Waals surface area contributed by atoms with Crippen molar-refractivity contribution in [1.82, 2.24) is 0 Å². The molecular weight excluding hydrogens is 324 g/mol. The molecule has 4 bridgehead atoms. The lowest BCUT2D eigenvalue weighted by molar-refractivity contribution is -0.215. The molecule has 26 heavy (non-hydrogen) atoms. The van der Waals surface area contributed by atoms with Crippen LogP contribution >= 0.6 is 0 Å². The van der Waals surface area contributed by atoms with Crippen LogP contribution in [0, 0.1) is 34.0 Å². The summed E-state index contributed by atoms with van der Waals surface area (Å²) in [4.78, 5) is 12.5. The number of ether oxygens (including phenoxy) is 2. The average molecular weight is 365 g/mol. The lowest BCUT2D eigenvalue weighted by atomic mass is 9.49. The first-order chi connectivity index (χ1) is 12.0. The molecule has 0 N–H and O–H groups in total. The highest BCUT2D eigenvalue weighted by molar-refractivity contribution is 5.75. The Morgan fingerprint density at radius 3 is 1.92 bits per heavy atom. The van der Waals surface area contributed by atoms with Gasteiger partial charge in [0.05, 0.1) is 12.0 Å². The van der Waals surface area contributed by atoms with Crippen molar-refractivity contribution in [1.29, 1.82) is 0 Å². The Hall–Kier alpha value is -0.570. The number of carbonyl (C=O) groups excluding carboxylic acids is 1. The van der Waals surface area contributed by atoms with Crippen molar-refractivity contribution in [3.05, 3.63) is 0 Å². The van der Waals surface area contributed by atoms with Crippen molar-refractivity contribution in [3.8, 4) is 0 Å². The molecule has 0 saturated heterocycles. The highest BCUT2D eigenvalue weighted by Crippen LogP contribution is 2.61. The molecule has 1 atom stereocenters. The third-order valence-electron chi connectivity index (χ3n) is 7.42. The van der Waals surface area contributed by atoms with Crippen LogP contribution in [0.1, 0.15) is 92.9 Å². The van der Waals surface area contributed by atoms with Gasteiger partial charge in [-0.15, -0.1) is 0 Å². The lowest BCUT2D eigenvalue weighted by Crippen LogP contribution is -2.47. The standard InChI is InChI=1S/C23H40O3/c1-7-22(5,6)19(24)26-20(21(2,3)4)25-9-8-23-13-16-10-17(14-23)12-18(11-16)15-23/h16-18,20H,7-15H2,1-6H3. The van der Waals surface area contributed by atoms with Crippen LogP contribution in [0.2, 0.25) is 0 Å². The van der Waals surface area contributed by atoms with Gasteiger partial charge in [-0.2, -0.15) is 0 Å². The molecule has 3 nitrogen and oxygen atoms in total. The Morgan fingerprint density at radius 1 is 1.00 bits per heavy atom. The summed E-state index contributed by atoms with van der Waals surface area (Å²) in [6, 6.07) is 0. The van der Waals surface area contributed by atoms with E-state index in [-0.39, 0.29) is 11.4 Å². The molecule has 4 saturated carbocycles. The molecule has 0 spiro atoms. The van der Waals surface area contributed by atoms with Crippen molar-refractivity contribution >= 4 is 5.97 Å². The summed E-state index contributed by atoms with van der Waals surface area (Å²) in [6.07, 6.45) is 10.1. The lowest BCUT2D eigenvalue weighted by Gasteiger charge is -2.57. The van der Waals surface area contributed by atoms with Crippen molar-refractivity contribution in [2.45, 2.75) is 99.2 Å². The molecule has 4 rings (SSSR count). The Labute approximate surface area is 160 Å². The largest absolute Gasteiger partial charge is 0.435 e. The van der Waals surface area contributed by atoms with Crippen LogP contribution in [0.4, 0.5) is 0 Å². The molecule has 0 amide bonds. The van der Waals surface area contributed by atoms with Crippen molar-refractivity contribution < 1.29 is 14.3 Å². The number of carbonyl (C=O) groups is 1. The Bertz CT molecular complexity index is 479. The van der Waals surface area contributed by atoms with Gasteiger partial charge in [0.15, 0.2) is 0 Å². The van der Waals surface area contributed by atoms with Crippen molar-refractivity contribution in [2.75, 3.05) is 6.61 Å². The van der Waals surface area contributed by atoms with Gasteiger partial charge in [-0.25, -0.2) is 0 Å². The van der Waals surface area contributed by atoms with Crippen LogP contribution < -0.4 is 0 Å². The second-order valence-electron chi connectivity index (χ2n) is 11.4. The molecule has 0 aromatic rings. The highest BCUT2D eigenvalue weighted by Gasteiger charge is 2.50. The summed E-state index contributed by atoms with van der Waals surface area (Å²) < 4.78 is 12.0. The number of hydrogen-bond acceptors (Lipinski definition) is 3. The first kappa shape index (κ1) is 20.2. The third kappa shape index (κ3) is 4.29.